The number of hydrogen-bond donors (Lipinski definition) is 0. The zero-order valence-electron chi connectivity index (χ0n) is 13.0. The van der Waals surface area contributed by atoms with Gasteiger partial charge in [-0.25, -0.2) is 4.98 Å². The average Bonchev–Trinajstić information content (AvgIpc) is 2.54. The predicted octanol–water partition coefficient (Wildman–Crippen LogP) is 3.75. The summed E-state index contributed by atoms with van der Waals surface area (Å²) in [5.74, 6) is 1.48. The van der Waals surface area contributed by atoms with Gasteiger partial charge in [-0.05, 0) is 24.3 Å². The van der Waals surface area contributed by atoms with Crippen LogP contribution in [0.25, 0.3) is 0 Å². The van der Waals surface area contributed by atoms with Crippen molar-refractivity contribution in [2.75, 3.05) is 26.2 Å². The van der Waals surface area contributed by atoms with Gasteiger partial charge in [0.2, 0.25) is 0 Å². The van der Waals surface area contributed by atoms with Crippen LogP contribution in [0.4, 0.5) is 19.0 Å². The summed E-state index contributed by atoms with van der Waals surface area (Å²) < 4.78 is 48.8. The highest BCUT2D eigenvalue weighted by atomic mass is 19.4. The Hall–Kier alpha value is -2.44. The lowest BCUT2D eigenvalue weighted by Gasteiger charge is -2.21. The molecule has 0 saturated carbocycles. The Labute approximate surface area is 132 Å². The topological polar surface area (TPSA) is 34.6 Å². The number of benzene rings is 1. The summed E-state index contributed by atoms with van der Waals surface area (Å²) in [7, 11) is 4.75. The second kappa shape index (κ2) is 6.76. The number of methoxy groups -OCH3 is 2. The molecule has 0 unspecified atom stereocenters. The van der Waals surface area contributed by atoms with E-state index in [0.717, 1.165) is 23.9 Å². The summed E-state index contributed by atoms with van der Waals surface area (Å²) in [6.07, 6.45) is -3.24. The number of nitrogens with zero attached hydrogens (tertiary/aromatic N) is 2. The largest absolute Gasteiger partial charge is 0.497 e. The Balaban J connectivity index is 2.24. The van der Waals surface area contributed by atoms with Gasteiger partial charge in [0.1, 0.15) is 17.3 Å². The highest BCUT2D eigenvalue weighted by molar-refractivity contribution is 5.46. The van der Waals surface area contributed by atoms with E-state index in [1.165, 1.54) is 7.11 Å². The molecule has 23 heavy (non-hydrogen) atoms. The fraction of sp³-hybridized carbons (Fsp3) is 0.312. The number of ether oxygens (including phenoxy) is 2. The quantitative estimate of drug-likeness (QED) is 0.838. The summed E-state index contributed by atoms with van der Waals surface area (Å²) in [5.41, 5.74) is 0.0889. The average molecular weight is 326 g/mol. The van der Waals surface area contributed by atoms with Crippen LogP contribution in [0.5, 0.6) is 11.5 Å². The summed E-state index contributed by atoms with van der Waals surface area (Å²) >= 11 is 0. The van der Waals surface area contributed by atoms with Crippen LogP contribution in [-0.2, 0) is 12.7 Å². The highest BCUT2D eigenvalue weighted by Crippen LogP contribution is 2.31. The molecule has 1 aromatic carbocycles. The van der Waals surface area contributed by atoms with Crippen molar-refractivity contribution < 1.29 is 22.6 Å². The van der Waals surface area contributed by atoms with E-state index >= 15 is 0 Å². The summed E-state index contributed by atoms with van der Waals surface area (Å²) in [5, 5.41) is 0. The second-order valence-electron chi connectivity index (χ2n) is 4.93. The first-order valence-electron chi connectivity index (χ1n) is 6.80. The molecule has 0 saturated heterocycles. The van der Waals surface area contributed by atoms with Gasteiger partial charge in [0.05, 0.1) is 19.8 Å². The van der Waals surface area contributed by atoms with Gasteiger partial charge in [0.15, 0.2) is 0 Å². The molecule has 1 aromatic heterocycles. The molecule has 1 heterocycles. The van der Waals surface area contributed by atoms with Gasteiger partial charge in [0, 0.05) is 31.4 Å². The first-order chi connectivity index (χ1) is 10.8. The first-order valence-corrected chi connectivity index (χ1v) is 6.80. The fourth-order valence-electron chi connectivity index (χ4n) is 2.12. The minimum atomic E-state index is -4.39. The zero-order chi connectivity index (χ0) is 17.0. The number of halogens is 3. The number of hydrogen-bond acceptors (Lipinski definition) is 4. The number of rotatable bonds is 5. The first kappa shape index (κ1) is 16.9. The van der Waals surface area contributed by atoms with E-state index in [-0.39, 0.29) is 5.82 Å². The minimum absolute atomic E-state index is 0.234. The molecule has 0 atom stereocenters. The van der Waals surface area contributed by atoms with E-state index in [0.29, 0.717) is 18.0 Å². The van der Waals surface area contributed by atoms with Gasteiger partial charge in [-0.2, -0.15) is 13.2 Å². The van der Waals surface area contributed by atoms with Gasteiger partial charge in [-0.15, -0.1) is 0 Å². The third-order valence-corrected chi connectivity index (χ3v) is 3.37. The van der Waals surface area contributed by atoms with Gasteiger partial charge in [-0.3, -0.25) is 0 Å². The smallest absolute Gasteiger partial charge is 0.416 e. The Morgan fingerprint density at radius 3 is 2.43 bits per heavy atom. The van der Waals surface area contributed by atoms with Crippen LogP contribution in [0.2, 0.25) is 0 Å². The lowest BCUT2D eigenvalue weighted by atomic mass is 10.1. The molecule has 0 fully saturated rings. The van der Waals surface area contributed by atoms with Crippen LogP contribution >= 0.6 is 0 Å². The van der Waals surface area contributed by atoms with Crippen molar-refractivity contribution in [1.29, 1.82) is 0 Å². The number of pyridine rings is 1. The van der Waals surface area contributed by atoms with Crippen LogP contribution in [0.3, 0.4) is 0 Å². The second-order valence-corrected chi connectivity index (χ2v) is 4.93. The molecule has 0 spiro atoms. The fourth-order valence-corrected chi connectivity index (χ4v) is 2.12. The molecular weight excluding hydrogens is 309 g/mol. The molecule has 0 N–H and O–H groups in total. The molecule has 2 aromatic rings. The molecule has 0 bridgehead atoms. The summed E-state index contributed by atoms with van der Waals surface area (Å²) in [6, 6.07) is 7.27. The molecule has 2 rings (SSSR count). The van der Waals surface area contributed by atoms with E-state index in [1.54, 1.807) is 31.2 Å². The maximum atomic E-state index is 12.8. The third kappa shape index (κ3) is 4.06. The molecule has 0 aliphatic heterocycles. The van der Waals surface area contributed by atoms with E-state index in [9.17, 15) is 13.2 Å². The van der Waals surface area contributed by atoms with Crippen molar-refractivity contribution in [2.45, 2.75) is 12.7 Å². The van der Waals surface area contributed by atoms with E-state index in [4.69, 9.17) is 9.47 Å². The van der Waals surface area contributed by atoms with Crippen LogP contribution in [0.1, 0.15) is 11.1 Å². The number of alkyl halides is 3. The van der Waals surface area contributed by atoms with Crippen molar-refractivity contribution in [3.63, 3.8) is 0 Å². The monoisotopic (exact) mass is 326 g/mol. The Bertz CT molecular complexity index is 675. The molecule has 7 heteroatoms. The van der Waals surface area contributed by atoms with E-state index in [1.807, 2.05) is 6.07 Å². The Morgan fingerprint density at radius 1 is 1.09 bits per heavy atom. The molecule has 4 nitrogen and oxygen atoms in total. The predicted molar refractivity (Wildman–Crippen MR) is 80.9 cm³/mol. The Morgan fingerprint density at radius 2 is 1.83 bits per heavy atom. The van der Waals surface area contributed by atoms with Gasteiger partial charge in [0.25, 0.3) is 0 Å². The SMILES string of the molecule is COc1ccc(CN(C)c2cc(C(F)(F)F)ccn2)c(OC)c1. The van der Waals surface area contributed by atoms with Crippen LogP contribution in [0, 0.1) is 0 Å². The van der Waals surface area contributed by atoms with Crippen molar-refractivity contribution in [1.82, 2.24) is 4.98 Å². The molecule has 0 aliphatic carbocycles. The highest BCUT2D eigenvalue weighted by Gasteiger charge is 2.31. The molecule has 0 aliphatic rings. The third-order valence-electron chi connectivity index (χ3n) is 3.37. The molecule has 0 amide bonds. The summed E-state index contributed by atoms with van der Waals surface area (Å²) in [4.78, 5) is 5.62. The van der Waals surface area contributed by atoms with Crippen molar-refractivity contribution in [3.05, 3.63) is 47.7 Å². The molecule has 124 valence electrons. The van der Waals surface area contributed by atoms with Crippen molar-refractivity contribution in [3.8, 4) is 11.5 Å². The lowest BCUT2D eigenvalue weighted by Crippen LogP contribution is -2.19. The van der Waals surface area contributed by atoms with Gasteiger partial charge >= 0.3 is 6.18 Å². The van der Waals surface area contributed by atoms with Crippen LogP contribution in [0.15, 0.2) is 36.5 Å². The number of aromatic nitrogens is 1. The van der Waals surface area contributed by atoms with Gasteiger partial charge < -0.3 is 14.4 Å². The standard InChI is InChI=1S/C16H17F3N2O2/c1-21(15-8-12(6-7-20-15)16(17,18)19)10-11-4-5-13(22-2)9-14(11)23-3/h4-9H,10H2,1-3H3. The molecular formula is C16H17F3N2O2. The normalized spacial score (nSPS) is 11.2. The van der Waals surface area contributed by atoms with Gasteiger partial charge in [-0.1, -0.05) is 0 Å². The zero-order valence-corrected chi connectivity index (χ0v) is 13.0. The summed E-state index contributed by atoms with van der Waals surface area (Å²) in [6.45, 7) is 0.349. The van der Waals surface area contributed by atoms with Crippen molar-refractivity contribution in [2.24, 2.45) is 0 Å². The minimum Gasteiger partial charge on any atom is -0.497 e. The maximum absolute atomic E-state index is 12.8. The molecule has 0 radical (unpaired) electrons. The van der Waals surface area contributed by atoms with E-state index in [2.05, 4.69) is 4.98 Å². The maximum Gasteiger partial charge on any atom is 0.416 e. The Kier molecular flexibility index (Phi) is 4.98. The lowest BCUT2D eigenvalue weighted by molar-refractivity contribution is -0.137. The van der Waals surface area contributed by atoms with Crippen molar-refractivity contribution >= 4 is 5.82 Å². The number of anilines is 1. The van der Waals surface area contributed by atoms with Crippen LogP contribution < -0.4 is 14.4 Å². The van der Waals surface area contributed by atoms with Crippen LogP contribution in [-0.4, -0.2) is 26.3 Å². The van der Waals surface area contributed by atoms with E-state index < -0.39 is 11.7 Å².